The molecule has 0 aliphatic carbocycles. The van der Waals surface area contributed by atoms with Gasteiger partial charge in [0.15, 0.2) is 0 Å². The zero-order valence-corrected chi connectivity index (χ0v) is 10.8. The number of nitrogens with zero attached hydrogens (tertiary/aromatic N) is 3. The van der Waals surface area contributed by atoms with Crippen LogP contribution in [0.25, 0.3) is 0 Å². The van der Waals surface area contributed by atoms with Crippen LogP contribution in [0.3, 0.4) is 0 Å². The van der Waals surface area contributed by atoms with Crippen LogP contribution < -0.4 is 10.2 Å². The van der Waals surface area contributed by atoms with Gasteiger partial charge in [-0.25, -0.2) is 0 Å². The Bertz CT molecular complexity index is 469. The fourth-order valence-corrected chi connectivity index (χ4v) is 1.68. The number of oxazole rings is 1. The summed E-state index contributed by atoms with van der Waals surface area (Å²) in [6.45, 7) is 1.59. The summed E-state index contributed by atoms with van der Waals surface area (Å²) in [6.07, 6.45) is 6.26. The Hall–Kier alpha value is -1.88. The molecule has 5 nitrogen and oxygen atoms in total. The van der Waals surface area contributed by atoms with Crippen LogP contribution in [0.5, 0.6) is 0 Å². The highest BCUT2D eigenvalue weighted by Gasteiger charge is 2.08. The number of likely N-dealkylation sites (N-methyl/N-ethyl adjacent to an activating group) is 1. The summed E-state index contributed by atoms with van der Waals surface area (Å²) in [4.78, 5) is 10.4. The summed E-state index contributed by atoms with van der Waals surface area (Å²) < 4.78 is 5.43. The number of pyridine rings is 1. The van der Waals surface area contributed by atoms with Crippen molar-refractivity contribution in [2.24, 2.45) is 0 Å². The van der Waals surface area contributed by atoms with Crippen molar-refractivity contribution in [3.05, 3.63) is 42.0 Å². The normalized spacial score (nSPS) is 10.6. The summed E-state index contributed by atoms with van der Waals surface area (Å²) in [7, 11) is 3.87. The lowest BCUT2D eigenvalue weighted by Gasteiger charge is -2.13. The smallest absolute Gasteiger partial charge is 0.297 e. The first kappa shape index (κ1) is 12.6. The number of nitrogens with one attached hydrogen (secondary N) is 1. The average molecular weight is 246 g/mol. The fourth-order valence-electron chi connectivity index (χ4n) is 1.68. The molecule has 2 aromatic rings. The number of anilines is 1. The van der Waals surface area contributed by atoms with Crippen molar-refractivity contribution in [1.82, 2.24) is 15.3 Å². The lowest BCUT2D eigenvalue weighted by Crippen LogP contribution is -2.20. The minimum Gasteiger partial charge on any atom is -0.432 e. The highest BCUT2D eigenvalue weighted by Crippen LogP contribution is 2.12. The van der Waals surface area contributed by atoms with Crippen molar-refractivity contribution in [2.45, 2.75) is 13.0 Å². The molecule has 0 saturated heterocycles. The lowest BCUT2D eigenvalue weighted by molar-refractivity contribution is 0.544. The van der Waals surface area contributed by atoms with Crippen molar-refractivity contribution < 1.29 is 4.42 Å². The largest absolute Gasteiger partial charge is 0.432 e. The van der Waals surface area contributed by atoms with Gasteiger partial charge in [0.25, 0.3) is 6.01 Å². The molecule has 0 saturated carbocycles. The van der Waals surface area contributed by atoms with Crippen LogP contribution in [-0.4, -0.2) is 30.6 Å². The molecule has 0 spiro atoms. The van der Waals surface area contributed by atoms with Gasteiger partial charge in [0.1, 0.15) is 6.26 Å². The van der Waals surface area contributed by atoms with Crippen molar-refractivity contribution in [1.29, 1.82) is 0 Å². The number of aromatic nitrogens is 2. The maximum Gasteiger partial charge on any atom is 0.297 e. The summed E-state index contributed by atoms with van der Waals surface area (Å²) in [5, 5.41) is 3.05. The Morgan fingerprint density at radius 2 is 2.11 bits per heavy atom. The third-order valence-electron chi connectivity index (χ3n) is 2.71. The monoisotopic (exact) mass is 246 g/mol. The van der Waals surface area contributed by atoms with Gasteiger partial charge in [0, 0.05) is 32.5 Å². The van der Waals surface area contributed by atoms with E-state index >= 15 is 0 Å². The van der Waals surface area contributed by atoms with Gasteiger partial charge in [-0.05, 0) is 31.2 Å². The minimum atomic E-state index is 0.661. The first-order valence-corrected chi connectivity index (χ1v) is 5.98. The molecule has 0 radical (unpaired) electrons. The quantitative estimate of drug-likeness (QED) is 0.836. The molecule has 0 fully saturated rings. The van der Waals surface area contributed by atoms with E-state index in [4.69, 9.17) is 4.42 Å². The minimum absolute atomic E-state index is 0.661. The fraction of sp³-hybridized carbons (Fsp3) is 0.385. The number of rotatable bonds is 6. The summed E-state index contributed by atoms with van der Waals surface area (Å²) >= 11 is 0. The van der Waals surface area contributed by atoms with Crippen molar-refractivity contribution in [2.75, 3.05) is 25.5 Å². The molecule has 2 aromatic heterocycles. The van der Waals surface area contributed by atoms with Crippen LogP contribution in [0.15, 0.2) is 35.2 Å². The molecule has 2 heterocycles. The molecular formula is C13H18N4O. The van der Waals surface area contributed by atoms with E-state index in [-0.39, 0.29) is 0 Å². The molecule has 0 aliphatic heterocycles. The Kier molecular flexibility index (Phi) is 4.30. The van der Waals surface area contributed by atoms with E-state index in [1.807, 2.05) is 43.5 Å². The van der Waals surface area contributed by atoms with Crippen molar-refractivity contribution in [3.63, 3.8) is 0 Å². The molecule has 0 aromatic carbocycles. The van der Waals surface area contributed by atoms with E-state index < -0.39 is 0 Å². The van der Waals surface area contributed by atoms with Gasteiger partial charge in [0.2, 0.25) is 0 Å². The lowest BCUT2D eigenvalue weighted by atomic mass is 10.2. The molecule has 0 aliphatic rings. The molecule has 0 amide bonds. The molecular weight excluding hydrogens is 228 g/mol. The van der Waals surface area contributed by atoms with Gasteiger partial charge in [-0.2, -0.15) is 4.98 Å². The van der Waals surface area contributed by atoms with Crippen LogP contribution >= 0.6 is 0 Å². The zero-order valence-electron chi connectivity index (χ0n) is 10.8. The highest BCUT2D eigenvalue weighted by molar-refractivity contribution is 5.26. The van der Waals surface area contributed by atoms with Crippen LogP contribution in [-0.2, 0) is 13.0 Å². The van der Waals surface area contributed by atoms with Crippen LogP contribution in [0.4, 0.5) is 6.01 Å². The first-order chi connectivity index (χ1) is 8.79. The van der Waals surface area contributed by atoms with E-state index in [0.29, 0.717) is 6.01 Å². The third kappa shape index (κ3) is 3.30. The number of hydrogen-bond acceptors (Lipinski definition) is 5. The maximum absolute atomic E-state index is 5.43. The van der Waals surface area contributed by atoms with Gasteiger partial charge in [-0.1, -0.05) is 0 Å². The predicted octanol–water partition coefficient (Wildman–Crippen LogP) is 1.47. The Balaban J connectivity index is 1.89. The zero-order chi connectivity index (χ0) is 12.8. The highest BCUT2D eigenvalue weighted by atomic mass is 16.4. The Labute approximate surface area is 107 Å². The van der Waals surface area contributed by atoms with Crippen LogP contribution in [0, 0.1) is 0 Å². The van der Waals surface area contributed by atoms with Gasteiger partial charge >= 0.3 is 0 Å². The maximum atomic E-state index is 5.43. The molecule has 96 valence electrons. The summed E-state index contributed by atoms with van der Waals surface area (Å²) in [6, 6.07) is 4.71. The molecule has 18 heavy (non-hydrogen) atoms. The van der Waals surface area contributed by atoms with Crippen LogP contribution in [0.2, 0.25) is 0 Å². The molecule has 0 atom stereocenters. The number of hydrogen-bond donors (Lipinski definition) is 1. The van der Waals surface area contributed by atoms with E-state index in [0.717, 1.165) is 25.2 Å². The van der Waals surface area contributed by atoms with Crippen LogP contribution in [0.1, 0.15) is 11.3 Å². The molecule has 2 rings (SSSR count). The second-order valence-electron chi connectivity index (χ2n) is 4.18. The SMILES string of the molecule is CNCc1coc(N(C)CCc2ccncc2)n1. The first-order valence-electron chi connectivity index (χ1n) is 5.98. The average Bonchev–Trinajstić information content (AvgIpc) is 2.86. The molecule has 5 heteroatoms. The van der Waals surface area contributed by atoms with E-state index in [1.165, 1.54) is 5.56 Å². The van der Waals surface area contributed by atoms with E-state index in [2.05, 4.69) is 15.3 Å². The molecule has 0 bridgehead atoms. The van der Waals surface area contributed by atoms with Gasteiger partial charge in [-0.15, -0.1) is 0 Å². The summed E-state index contributed by atoms with van der Waals surface area (Å²) in [5.74, 6) is 0. The standard InChI is InChI=1S/C13H18N4O/c1-14-9-12-10-18-13(16-12)17(2)8-5-11-3-6-15-7-4-11/h3-4,6-7,10,14H,5,8-9H2,1-2H3. The molecule has 1 N–H and O–H groups in total. The summed E-state index contributed by atoms with van der Waals surface area (Å²) in [5.41, 5.74) is 2.18. The third-order valence-corrected chi connectivity index (χ3v) is 2.71. The van der Waals surface area contributed by atoms with E-state index in [1.54, 1.807) is 6.26 Å². The topological polar surface area (TPSA) is 54.2 Å². The Morgan fingerprint density at radius 1 is 1.33 bits per heavy atom. The second-order valence-corrected chi connectivity index (χ2v) is 4.18. The van der Waals surface area contributed by atoms with Gasteiger partial charge in [-0.3, -0.25) is 4.98 Å². The van der Waals surface area contributed by atoms with Crippen molar-refractivity contribution >= 4 is 6.01 Å². The van der Waals surface area contributed by atoms with Gasteiger partial charge in [0.05, 0.1) is 5.69 Å². The van der Waals surface area contributed by atoms with E-state index in [9.17, 15) is 0 Å². The van der Waals surface area contributed by atoms with Gasteiger partial charge < -0.3 is 14.6 Å². The Morgan fingerprint density at radius 3 is 2.83 bits per heavy atom. The van der Waals surface area contributed by atoms with Crippen molar-refractivity contribution in [3.8, 4) is 0 Å². The predicted molar refractivity (Wildman–Crippen MR) is 70.5 cm³/mol. The molecule has 0 unspecified atom stereocenters. The second kappa shape index (κ2) is 6.16.